The highest BCUT2D eigenvalue weighted by Gasteiger charge is 2.18. The van der Waals surface area contributed by atoms with Crippen LogP contribution in [0.5, 0.6) is 5.75 Å². The van der Waals surface area contributed by atoms with Gasteiger partial charge in [0, 0.05) is 17.0 Å². The van der Waals surface area contributed by atoms with Crippen LogP contribution in [-0.4, -0.2) is 15.5 Å². The molecule has 0 bridgehead atoms. The van der Waals surface area contributed by atoms with Crippen molar-refractivity contribution >= 4 is 16.9 Å². The van der Waals surface area contributed by atoms with E-state index in [4.69, 9.17) is 4.74 Å². The van der Waals surface area contributed by atoms with E-state index in [1.165, 1.54) is 0 Å². The van der Waals surface area contributed by atoms with Crippen molar-refractivity contribution in [3.8, 4) is 17.0 Å². The van der Waals surface area contributed by atoms with E-state index in [1.54, 1.807) is 41.0 Å². The molecule has 0 aliphatic rings. The van der Waals surface area contributed by atoms with Gasteiger partial charge < -0.3 is 4.74 Å². The average Bonchev–Trinajstić information content (AvgIpc) is 2.73. The Morgan fingerprint density at radius 3 is 2.40 bits per heavy atom. The van der Waals surface area contributed by atoms with Gasteiger partial charge in [0.1, 0.15) is 5.75 Å². The highest BCUT2D eigenvalue weighted by atomic mass is 16.5. The largest absolute Gasteiger partial charge is 0.422 e. The minimum atomic E-state index is -0.460. The zero-order chi connectivity index (χ0) is 21.3. The predicted octanol–water partition coefficient (Wildman–Crippen LogP) is 5.17. The molecule has 0 aliphatic carbocycles. The Labute approximate surface area is 174 Å². The van der Waals surface area contributed by atoms with Crippen molar-refractivity contribution in [3.05, 3.63) is 94.4 Å². The number of hydrogen-bond acceptors (Lipinski definition) is 4. The number of nitrogens with zero attached hydrogens (tertiary/aromatic N) is 2. The van der Waals surface area contributed by atoms with E-state index in [9.17, 15) is 9.59 Å². The summed E-state index contributed by atoms with van der Waals surface area (Å²) in [5.74, 6) is -0.0962. The molecule has 0 radical (unpaired) electrons. The van der Waals surface area contributed by atoms with Gasteiger partial charge in [0.25, 0.3) is 0 Å². The molecule has 5 heteroatoms. The molecule has 0 atom stereocenters. The summed E-state index contributed by atoms with van der Waals surface area (Å²) < 4.78 is 7.37. The molecule has 3 aromatic carbocycles. The molecule has 0 aliphatic heterocycles. The number of aromatic nitrogens is 2. The van der Waals surface area contributed by atoms with E-state index >= 15 is 0 Å². The van der Waals surface area contributed by atoms with E-state index in [-0.39, 0.29) is 11.7 Å². The number of carbonyl (C=O) groups is 1. The third-order valence-corrected chi connectivity index (χ3v) is 4.95. The molecule has 0 unspecified atom stereocenters. The number of benzene rings is 3. The Kier molecular flexibility index (Phi) is 5.19. The van der Waals surface area contributed by atoms with Crippen LogP contribution in [0.25, 0.3) is 22.2 Å². The lowest BCUT2D eigenvalue weighted by atomic mass is 10.0. The standard InChI is InChI=1S/C25H22N2O3/c1-16(2)27-21-15-17(3)13-14-19(21)23(26-25(27)29)20-11-7-8-12-22(20)30-24(28)18-9-5-4-6-10-18/h4-16H,1-3H3. The molecule has 1 aromatic heterocycles. The van der Waals surface area contributed by atoms with Gasteiger partial charge in [0.15, 0.2) is 0 Å². The molecule has 0 fully saturated rings. The Bertz CT molecular complexity index is 1290. The molecular weight excluding hydrogens is 376 g/mol. The molecule has 4 aromatic rings. The molecule has 0 spiro atoms. The molecule has 5 nitrogen and oxygen atoms in total. The van der Waals surface area contributed by atoms with Crippen LogP contribution in [0.2, 0.25) is 0 Å². The predicted molar refractivity (Wildman–Crippen MR) is 118 cm³/mol. The summed E-state index contributed by atoms with van der Waals surface area (Å²) in [6, 6.07) is 21.9. The number of aryl methyl sites for hydroxylation is 1. The molecule has 30 heavy (non-hydrogen) atoms. The van der Waals surface area contributed by atoms with Crippen molar-refractivity contribution in [2.24, 2.45) is 0 Å². The van der Waals surface area contributed by atoms with Gasteiger partial charge in [0.2, 0.25) is 0 Å². The zero-order valence-corrected chi connectivity index (χ0v) is 17.1. The van der Waals surface area contributed by atoms with Gasteiger partial charge in [-0.1, -0.05) is 42.5 Å². The first-order chi connectivity index (χ1) is 14.5. The Morgan fingerprint density at radius 1 is 0.967 bits per heavy atom. The number of hydrogen-bond donors (Lipinski definition) is 0. The lowest BCUT2D eigenvalue weighted by molar-refractivity contribution is 0.0735. The van der Waals surface area contributed by atoms with Crippen molar-refractivity contribution in [2.45, 2.75) is 26.8 Å². The fraction of sp³-hybridized carbons (Fsp3) is 0.160. The number of ether oxygens (including phenoxy) is 1. The Balaban J connectivity index is 1.89. The third kappa shape index (κ3) is 3.62. The number of para-hydroxylation sites is 1. The molecule has 0 saturated carbocycles. The quantitative estimate of drug-likeness (QED) is 0.351. The molecule has 0 amide bonds. The van der Waals surface area contributed by atoms with Crippen LogP contribution in [-0.2, 0) is 0 Å². The molecular formula is C25H22N2O3. The number of fused-ring (bicyclic) bond motifs is 1. The highest BCUT2D eigenvalue weighted by Crippen LogP contribution is 2.34. The first kappa shape index (κ1) is 19.6. The Hall–Kier alpha value is -3.73. The first-order valence-electron chi connectivity index (χ1n) is 9.85. The monoisotopic (exact) mass is 398 g/mol. The number of esters is 1. The van der Waals surface area contributed by atoms with Gasteiger partial charge in [-0.2, -0.15) is 4.98 Å². The van der Waals surface area contributed by atoms with Crippen molar-refractivity contribution in [1.82, 2.24) is 9.55 Å². The summed E-state index contributed by atoms with van der Waals surface area (Å²) in [6.45, 7) is 5.91. The summed E-state index contributed by atoms with van der Waals surface area (Å²) in [5, 5.41) is 0.831. The van der Waals surface area contributed by atoms with Gasteiger partial charge in [-0.05, 0) is 56.7 Å². The van der Waals surface area contributed by atoms with Crippen LogP contribution >= 0.6 is 0 Å². The molecule has 150 valence electrons. The number of carbonyl (C=O) groups excluding carboxylic acids is 1. The third-order valence-electron chi connectivity index (χ3n) is 4.95. The van der Waals surface area contributed by atoms with Gasteiger partial charge in [-0.15, -0.1) is 0 Å². The maximum absolute atomic E-state index is 12.9. The van der Waals surface area contributed by atoms with Crippen molar-refractivity contribution in [1.29, 1.82) is 0 Å². The molecule has 0 saturated heterocycles. The summed E-state index contributed by atoms with van der Waals surface area (Å²) in [5.41, 5.74) is 3.09. The normalized spacial score (nSPS) is 11.1. The van der Waals surface area contributed by atoms with Crippen LogP contribution in [0.1, 0.15) is 35.8 Å². The van der Waals surface area contributed by atoms with Gasteiger partial charge >= 0.3 is 11.7 Å². The first-order valence-corrected chi connectivity index (χ1v) is 9.85. The van der Waals surface area contributed by atoms with Crippen molar-refractivity contribution in [2.75, 3.05) is 0 Å². The van der Waals surface area contributed by atoms with E-state index in [1.807, 2.05) is 57.2 Å². The fourth-order valence-electron chi connectivity index (χ4n) is 3.54. The SMILES string of the molecule is Cc1ccc2c(-c3ccccc3OC(=O)c3ccccc3)nc(=O)n(C(C)C)c2c1. The average molecular weight is 398 g/mol. The van der Waals surface area contributed by atoms with E-state index in [2.05, 4.69) is 4.98 Å². The molecule has 4 rings (SSSR count). The van der Waals surface area contributed by atoms with Crippen LogP contribution < -0.4 is 10.4 Å². The van der Waals surface area contributed by atoms with Crippen LogP contribution in [0.15, 0.2) is 77.6 Å². The molecule has 1 heterocycles. The maximum Gasteiger partial charge on any atom is 0.348 e. The highest BCUT2D eigenvalue weighted by molar-refractivity contribution is 5.96. The zero-order valence-electron chi connectivity index (χ0n) is 17.1. The topological polar surface area (TPSA) is 61.2 Å². The summed E-state index contributed by atoms with van der Waals surface area (Å²) in [6.07, 6.45) is 0. The minimum absolute atomic E-state index is 0.0329. The van der Waals surface area contributed by atoms with E-state index < -0.39 is 5.97 Å². The lowest BCUT2D eigenvalue weighted by Crippen LogP contribution is -2.25. The second-order valence-electron chi connectivity index (χ2n) is 7.48. The smallest absolute Gasteiger partial charge is 0.348 e. The van der Waals surface area contributed by atoms with E-state index in [0.717, 1.165) is 16.5 Å². The van der Waals surface area contributed by atoms with Gasteiger partial charge in [-0.3, -0.25) is 4.57 Å². The van der Waals surface area contributed by atoms with Gasteiger partial charge in [0.05, 0.1) is 16.8 Å². The Morgan fingerprint density at radius 2 is 1.67 bits per heavy atom. The lowest BCUT2D eigenvalue weighted by Gasteiger charge is -2.17. The summed E-state index contributed by atoms with van der Waals surface area (Å²) in [7, 11) is 0. The second kappa shape index (κ2) is 7.95. The number of rotatable bonds is 4. The van der Waals surface area contributed by atoms with Crippen LogP contribution in [0.4, 0.5) is 0 Å². The van der Waals surface area contributed by atoms with Gasteiger partial charge in [-0.25, -0.2) is 9.59 Å². The summed E-state index contributed by atoms with van der Waals surface area (Å²) in [4.78, 5) is 29.9. The van der Waals surface area contributed by atoms with Crippen LogP contribution in [0.3, 0.4) is 0 Å². The van der Waals surface area contributed by atoms with Crippen molar-refractivity contribution < 1.29 is 9.53 Å². The summed E-state index contributed by atoms with van der Waals surface area (Å²) >= 11 is 0. The van der Waals surface area contributed by atoms with Crippen molar-refractivity contribution in [3.63, 3.8) is 0 Å². The molecule has 0 N–H and O–H groups in total. The van der Waals surface area contributed by atoms with E-state index in [0.29, 0.717) is 22.6 Å². The fourth-order valence-corrected chi connectivity index (χ4v) is 3.54. The maximum atomic E-state index is 12.9. The minimum Gasteiger partial charge on any atom is -0.422 e. The second-order valence-corrected chi connectivity index (χ2v) is 7.48. The van der Waals surface area contributed by atoms with Crippen LogP contribution in [0, 0.1) is 6.92 Å².